The number of aromatic amines is 1. The third kappa shape index (κ3) is 2.66. The van der Waals surface area contributed by atoms with Crippen molar-refractivity contribution in [2.24, 2.45) is 0 Å². The SMILES string of the molecule is Cc1ncc(C(=O)Nc2ccccc2C#N)c(=O)[nH]1. The Morgan fingerprint density at radius 3 is 2.84 bits per heavy atom. The average molecular weight is 254 g/mol. The number of nitrogens with zero attached hydrogens (tertiary/aromatic N) is 2. The molecule has 0 saturated carbocycles. The van der Waals surface area contributed by atoms with E-state index in [-0.39, 0.29) is 5.56 Å². The Hall–Kier alpha value is -2.94. The predicted molar refractivity (Wildman–Crippen MR) is 68.7 cm³/mol. The zero-order valence-corrected chi connectivity index (χ0v) is 10.1. The Morgan fingerprint density at radius 2 is 2.16 bits per heavy atom. The maximum absolute atomic E-state index is 11.9. The number of para-hydroxylation sites is 1. The number of H-pyrrole nitrogens is 1. The van der Waals surface area contributed by atoms with E-state index in [9.17, 15) is 9.59 Å². The monoisotopic (exact) mass is 254 g/mol. The molecule has 0 fully saturated rings. The van der Waals surface area contributed by atoms with Crippen LogP contribution in [0.1, 0.15) is 21.7 Å². The molecule has 1 aromatic carbocycles. The number of hydrogen-bond donors (Lipinski definition) is 2. The molecule has 0 unspecified atom stereocenters. The molecule has 2 N–H and O–H groups in total. The van der Waals surface area contributed by atoms with E-state index in [4.69, 9.17) is 5.26 Å². The van der Waals surface area contributed by atoms with Crippen LogP contribution >= 0.6 is 0 Å². The van der Waals surface area contributed by atoms with Gasteiger partial charge >= 0.3 is 0 Å². The molecular weight excluding hydrogens is 244 g/mol. The van der Waals surface area contributed by atoms with Gasteiger partial charge in [-0.15, -0.1) is 0 Å². The van der Waals surface area contributed by atoms with Crippen LogP contribution in [0.5, 0.6) is 0 Å². The maximum atomic E-state index is 11.9. The summed E-state index contributed by atoms with van der Waals surface area (Å²) in [6.07, 6.45) is 1.21. The van der Waals surface area contributed by atoms with Crippen molar-refractivity contribution in [1.29, 1.82) is 5.26 Å². The molecule has 0 aliphatic rings. The molecule has 19 heavy (non-hydrogen) atoms. The van der Waals surface area contributed by atoms with Gasteiger partial charge in [-0.2, -0.15) is 5.26 Å². The van der Waals surface area contributed by atoms with Crippen LogP contribution in [0.4, 0.5) is 5.69 Å². The summed E-state index contributed by atoms with van der Waals surface area (Å²) in [6.45, 7) is 1.62. The fraction of sp³-hybridized carbons (Fsp3) is 0.0769. The maximum Gasteiger partial charge on any atom is 0.263 e. The Bertz CT molecular complexity index is 728. The summed E-state index contributed by atoms with van der Waals surface area (Å²) in [4.78, 5) is 29.8. The van der Waals surface area contributed by atoms with Gasteiger partial charge in [-0.3, -0.25) is 9.59 Å². The first-order valence-corrected chi connectivity index (χ1v) is 5.48. The topological polar surface area (TPSA) is 98.6 Å². The third-order valence-electron chi connectivity index (χ3n) is 2.47. The van der Waals surface area contributed by atoms with E-state index in [1.807, 2.05) is 6.07 Å². The fourth-order valence-corrected chi connectivity index (χ4v) is 1.52. The molecule has 0 aliphatic heterocycles. The Balaban J connectivity index is 2.32. The van der Waals surface area contributed by atoms with Gasteiger partial charge in [-0.1, -0.05) is 12.1 Å². The van der Waals surface area contributed by atoms with Crippen LogP contribution in [-0.4, -0.2) is 15.9 Å². The third-order valence-corrected chi connectivity index (χ3v) is 2.47. The van der Waals surface area contributed by atoms with Crippen molar-refractivity contribution in [1.82, 2.24) is 9.97 Å². The van der Waals surface area contributed by atoms with Crippen molar-refractivity contribution < 1.29 is 4.79 Å². The zero-order chi connectivity index (χ0) is 13.8. The van der Waals surface area contributed by atoms with Crippen LogP contribution in [0.25, 0.3) is 0 Å². The lowest BCUT2D eigenvalue weighted by molar-refractivity contribution is 0.102. The van der Waals surface area contributed by atoms with Crippen LogP contribution in [0, 0.1) is 18.3 Å². The highest BCUT2D eigenvalue weighted by atomic mass is 16.2. The van der Waals surface area contributed by atoms with E-state index in [1.54, 1.807) is 31.2 Å². The zero-order valence-electron chi connectivity index (χ0n) is 10.1. The van der Waals surface area contributed by atoms with E-state index < -0.39 is 11.5 Å². The van der Waals surface area contributed by atoms with Gasteiger partial charge in [0.25, 0.3) is 11.5 Å². The van der Waals surface area contributed by atoms with Crippen LogP contribution in [0.15, 0.2) is 35.3 Å². The van der Waals surface area contributed by atoms with E-state index in [0.717, 1.165) is 0 Å². The predicted octanol–water partition coefficient (Wildman–Crippen LogP) is 1.20. The summed E-state index contributed by atoms with van der Waals surface area (Å²) in [7, 11) is 0. The number of anilines is 1. The molecule has 6 heteroatoms. The summed E-state index contributed by atoms with van der Waals surface area (Å²) in [6, 6.07) is 8.50. The van der Waals surface area contributed by atoms with Crippen LogP contribution < -0.4 is 10.9 Å². The first-order valence-electron chi connectivity index (χ1n) is 5.48. The molecule has 0 aliphatic carbocycles. The number of benzene rings is 1. The summed E-state index contributed by atoms with van der Waals surface area (Å²) < 4.78 is 0. The molecule has 0 atom stereocenters. The number of nitriles is 1. The first kappa shape index (κ1) is 12.5. The van der Waals surface area contributed by atoms with Crippen molar-refractivity contribution in [3.05, 3.63) is 57.8 Å². The van der Waals surface area contributed by atoms with E-state index in [0.29, 0.717) is 17.1 Å². The van der Waals surface area contributed by atoms with Crippen molar-refractivity contribution in [2.75, 3.05) is 5.32 Å². The minimum absolute atomic E-state index is 0.0988. The van der Waals surface area contributed by atoms with E-state index in [1.165, 1.54) is 6.20 Å². The molecule has 6 nitrogen and oxygen atoms in total. The summed E-state index contributed by atoms with van der Waals surface area (Å²) in [5.41, 5.74) is 0.0695. The van der Waals surface area contributed by atoms with Crippen LogP contribution in [0.3, 0.4) is 0 Å². The van der Waals surface area contributed by atoms with E-state index in [2.05, 4.69) is 15.3 Å². The number of hydrogen-bond acceptors (Lipinski definition) is 4. The van der Waals surface area contributed by atoms with Crippen molar-refractivity contribution in [2.45, 2.75) is 6.92 Å². The lowest BCUT2D eigenvalue weighted by Crippen LogP contribution is -2.24. The highest BCUT2D eigenvalue weighted by molar-refractivity contribution is 6.04. The number of aromatic nitrogens is 2. The first-order chi connectivity index (χ1) is 9.11. The van der Waals surface area contributed by atoms with Crippen molar-refractivity contribution in [3.63, 3.8) is 0 Å². The number of aryl methyl sites for hydroxylation is 1. The molecule has 0 saturated heterocycles. The Labute approximate surface area is 108 Å². The molecular formula is C13H10N4O2. The number of amides is 1. The van der Waals surface area contributed by atoms with Crippen molar-refractivity contribution >= 4 is 11.6 Å². The lowest BCUT2D eigenvalue weighted by Gasteiger charge is -2.06. The highest BCUT2D eigenvalue weighted by Gasteiger charge is 2.12. The Kier molecular flexibility index (Phi) is 3.39. The quantitative estimate of drug-likeness (QED) is 0.841. The molecule has 0 bridgehead atoms. The molecule has 0 spiro atoms. The van der Waals surface area contributed by atoms with Gasteiger partial charge in [-0.25, -0.2) is 4.98 Å². The number of nitrogens with one attached hydrogen (secondary N) is 2. The second-order valence-corrected chi connectivity index (χ2v) is 3.82. The number of carbonyl (C=O) groups excluding carboxylic acids is 1. The van der Waals surface area contributed by atoms with Crippen LogP contribution in [0.2, 0.25) is 0 Å². The normalized spacial score (nSPS) is 9.68. The number of carbonyl (C=O) groups is 1. The minimum Gasteiger partial charge on any atom is -0.321 e. The van der Waals surface area contributed by atoms with Gasteiger partial charge < -0.3 is 10.3 Å². The molecule has 1 amide bonds. The van der Waals surface area contributed by atoms with Gasteiger partial charge in [0.1, 0.15) is 17.5 Å². The van der Waals surface area contributed by atoms with Gasteiger partial charge in [0, 0.05) is 6.20 Å². The van der Waals surface area contributed by atoms with Gasteiger partial charge in [0.15, 0.2) is 0 Å². The molecule has 94 valence electrons. The average Bonchev–Trinajstić information content (AvgIpc) is 2.39. The molecule has 1 heterocycles. The van der Waals surface area contributed by atoms with Gasteiger partial charge in [0.05, 0.1) is 11.3 Å². The van der Waals surface area contributed by atoms with E-state index >= 15 is 0 Å². The molecule has 0 radical (unpaired) electrons. The fourth-order valence-electron chi connectivity index (χ4n) is 1.52. The second kappa shape index (κ2) is 5.14. The standard InChI is InChI=1S/C13H10N4O2/c1-8-15-7-10(12(18)16-8)13(19)17-11-5-3-2-4-9(11)6-14/h2-5,7H,1H3,(H,17,19)(H,15,16,18). The van der Waals surface area contributed by atoms with Gasteiger partial charge in [-0.05, 0) is 19.1 Å². The van der Waals surface area contributed by atoms with Crippen molar-refractivity contribution in [3.8, 4) is 6.07 Å². The Morgan fingerprint density at radius 1 is 1.42 bits per heavy atom. The molecule has 2 rings (SSSR count). The highest BCUT2D eigenvalue weighted by Crippen LogP contribution is 2.14. The largest absolute Gasteiger partial charge is 0.321 e. The second-order valence-electron chi connectivity index (χ2n) is 3.82. The lowest BCUT2D eigenvalue weighted by atomic mass is 10.2. The summed E-state index contributed by atoms with van der Waals surface area (Å²) in [5, 5.41) is 11.4. The molecule has 2 aromatic rings. The number of rotatable bonds is 2. The smallest absolute Gasteiger partial charge is 0.263 e. The molecule has 1 aromatic heterocycles. The minimum atomic E-state index is -0.601. The van der Waals surface area contributed by atoms with Gasteiger partial charge in [0.2, 0.25) is 0 Å². The van der Waals surface area contributed by atoms with Crippen LogP contribution in [-0.2, 0) is 0 Å². The summed E-state index contributed by atoms with van der Waals surface area (Å²) in [5.74, 6) is -0.171. The summed E-state index contributed by atoms with van der Waals surface area (Å²) >= 11 is 0.